The van der Waals surface area contributed by atoms with E-state index in [0.717, 1.165) is 16.6 Å². The molecule has 6 heteroatoms. The molecule has 0 fully saturated rings. The van der Waals surface area contributed by atoms with E-state index in [0.29, 0.717) is 24.9 Å². The van der Waals surface area contributed by atoms with Crippen LogP contribution in [0.15, 0.2) is 33.2 Å². The Bertz CT molecular complexity index is 593. The average molecular weight is 354 g/mol. The van der Waals surface area contributed by atoms with Gasteiger partial charge in [0.2, 0.25) is 11.8 Å². The second kappa shape index (κ2) is 6.68. The predicted molar refractivity (Wildman–Crippen MR) is 84.7 cm³/mol. The molecule has 0 atom stereocenters. The van der Waals surface area contributed by atoms with Crippen LogP contribution in [0, 0.1) is 0 Å². The normalized spacial score (nSPS) is 12.1. The molecule has 0 aliphatic carbocycles. The summed E-state index contributed by atoms with van der Waals surface area (Å²) in [5.41, 5.74) is 0.128. The summed E-state index contributed by atoms with van der Waals surface area (Å²) in [7, 11) is 0. The summed E-state index contributed by atoms with van der Waals surface area (Å²) >= 11 is 3.48. The predicted octanol–water partition coefficient (Wildman–Crippen LogP) is 3.09. The van der Waals surface area contributed by atoms with Gasteiger partial charge in [-0.1, -0.05) is 19.1 Å². The van der Waals surface area contributed by atoms with Crippen molar-refractivity contribution >= 4 is 15.9 Å². The molecule has 114 valence electrons. The summed E-state index contributed by atoms with van der Waals surface area (Å²) in [5.74, 6) is 1.05. The van der Waals surface area contributed by atoms with Crippen molar-refractivity contribution in [2.75, 3.05) is 13.1 Å². The minimum atomic E-state index is -0.749. The number of halogens is 1. The average Bonchev–Trinajstić information content (AvgIpc) is 2.85. The number of hydrogen-bond donors (Lipinski definition) is 1. The molecule has 0 aliphatic rings. The summed E-state index contributed by atoms with van der Waals surface area (Å²) in [4.78, 5) is 2.07. The second-order valence-corrected chi connectivity index (χ2v) is 6.45. The van der Waals surface area contributed by atoms with E-state index in [2.05, 4.69) is 31.0 Å². The Morgan fingerprint density at radius 2 is 2.00 bits per heavy atom. The van der Waals surface area contributed by atoms with Crippen LogP contribution < -0.4 is 0 Å². The van der Waals surface area contributed by atoms with Crippen molar-refractivity contribution in [1.82, 2.24) is 15.1 Å². The Hall–Kier alpha value is -1.24. The van der Waals surface area contributed by atoms with Crippen molar-refractivity contribution in [2.24, 2.45) is 0 Å². The first kappa shape index (κ1) is 16.1. The van der Waals surface area contributed by atoms with Crippen LogP contribution in [-0.2, 0) is 6.54 Å². The number of likely N-dealkylation sites (N-methyl/N-ethyl adjacent to an activating group) is 1. The fourth-order valence-electron chi connectivity index (χ4n) is 2.08. The molecule has 0 saturated carbocycles. The molecule has 2 rings (SSSR count). The maximum Gasteiger partial charge on any atom is 0.248 e. The van der Waals surface area contributed by atoms with Crippen LogP contribution in [0.2, 0.25) is 0 Å². The number of aromatic nitrogens is 2. The van der Waals surface area contributed by atoms with E-state index in [1.54, 1.807) is 13.8 Å². The van der Waals surface area contributed by atoms with Gasteiger partial charge in [-0.2, -0.15) is 0 Å². The third kappa shape index (κ3) is 4.62. The minimum Gasteiger partial charge on any atom is -0.419 e. The molecule has 21 heavy (non-hydrogen) atoms. The van der Waals surface area contributed by atoms with E-state index in [-0.39, 0.29) is 0 Å². The van der Waals surface area contributed by atoms with Gasteiger partial charge in [0, 0.05) is 11.0 Å². The Kier molecular flexibility index (Phi) is 5.13. The fraction of sp³-hybridized carbons (Fsp3) is 0.467. The molecule has 1 N–H and O–H groups in total. The van der Waals surface area contributed by atoms with Gasteiger partial charge in [0.15, 0.2) is 0 Å². The lowest BCUT2D eigenvalue weighted by Crippen LogP contribution is -2.38. The first-order chi connectivity index (χ1) is 9.89. The molecular formula is C15H20BrN3O2. The largest absolute Gasteiger partial charge is 0.419 e. The summed E-state index contributed by atoms with van der Waals surface area (Å²) in [6.07, 6.45) is 0. The van der Waals surface area contributed by atoms with Gasteiger partial charge in [-0.15, -0.1) is 10.2 Å². The third-order valence-corrected chi connectivity index (χ3v) is 3.68. The molecule has 2 aromatic rings. The zero-order valence-electron chi connectivity index (χ0n) is 12.5. The zero-order chi connectivity index (χ0) is 15.5. The van der Waals surface area contributed by atoms with Crippen LogP contribution in [0.1, 0.15) is 26.7 Å². The van der Waals surface area contributed by atoms with Crippen LogP contribution in [0.4, 0.5) is 0 Å². The van der Waals surface area contributed by atoms with Crippen molar-refractivity contribution in [3.8, 4) is 11.5 Å². The van der Waals surface area contributed by atoms with Crippen LogP contribution >= 0.6 is 15.9 Å². The maximum atomic E-state index is 9.90. The smallest absolute Gasteiger partial charge is 0.248 e. The third-order valence-electron chi connectivity index (χ3n) is 2.99. The fourth-order valence-corrected chi connectivity index (χ4v) is 2.53. The number of rotatable bonds is 6. The van der Waals surface area contributed by atoms with Crippen LogP contribution in [0.25, 0.3) is 11.5 Å². The minimum absolute atomic E-state index is 0.497. The molecule has 0 amide bonds. The Labute approximate surface area is 133 Å². The Morgan fingerprint density at radius 1 is 1.29 bits per heavy atom. The maximum absolute atomic E-state index is 9.90. The molecule has 0 unspecified atom stereocenters. The standard InChI is InChI=1S/C15H20BrN3O2/c1-4-19(10-15(2,3)20)9-13-17-18-14(21-13)11-7-5-6-8-12(11)16/h5-8,20H,4,9-10H2,1-3H3. The van der Waals surface area contributed by atoms with Gasteiger partial charge in [-0.3, -0.25) is 4.90 Å². The van der Waals surface area contributed by atoms with Crippen molar-refractivity contribution in [3.63, 3.8) is 0 Å². The van der Waals surface area contributed by atoms with E-state index in [9.17, 15) is 5.11 Å². The van der Waals surface area contributed by atoms with E-state index in [1.807, 2.05) is 31.2 Å². The number of aliphatic hydroxyl groups is 1. The molecule has 0 aliphatic heterocycles. The van der Waals surface area contributed by atoms with Gasteiger partial charge < -0.3 is 9.52 Å². The summed E-state index contributed by atoms with van der Waals surface area (Å²) in [6, 6.07) is 7.73. The Morgan fingerprint density at radius 3 is 2.62 bits per heavy atom. The highest BCUT2D eigenvalue weighted by atomic mass is 79.9. The lowest BCUT2D eigenvalue weighted by molar-refractivity contribution is 0.0329. The molecule has 0 radical (unpaired) electrons. The first-order valence-corrected chi connectivity index (χ1v) is 7.70. The highest BCUT2D eigenvalue weighted by Crippen LogP contribution is 2.26. The molecule has 0 bridgehead atoms. The molecule has 1 aromatic heterocycles. The van der Waals surface area contributed by atoms with Crippen LogP contribution in [-0.4, -0.2) is 38.9 Å². The van der Waals surface area contributed by atoms with E-state index in [1.165, 1.54) is 0 Å². The number of hydrogen-bond acceptors (Lipinski definition) is 5. The lowest BCUT2D eigenvalue weighted by Gasteiger charge is -2.26. The SMILES string of the molecule is CCN(Cc1nnc(-c2ccccc2Br)o1)CC(C)(C)O. The van der Waals surface area contributed by atoms with Gasteiger partial charge in [0.1, 0.15) is 0 Å². The lowest BCUT2D eigenvalue weighted by atomic mass is 10.1. The second-order valence-electron chi connectivity index (χ2n) is 5.60. The first-order valence-electron chi connectivity index (χ1n) is 6.91. The van der Waals surface area contributed by atoms with Crippen LogP contribution in [0.3, 0.4) is 0 Å². The summed E-state index contributed by atoms with van der Waals surface area (Å²) in [5, 5.41) is 18.1. The highest BCUT2D eigenvalue weighted by Gasteiger charge is 2.19. The monoisotopic (exact) mass is 353 g/mol. The van der Waals surface area contributed by atoms with Crippen molar-refractivity contribution in [2.45, 2.75) is 32.9 Å². The highest BCUT2D eigenvalue weighted by molar-refractivity contribution is 9.10. The summed E-state index contributed by atoms with van der Waals surface area (Å²) < 4.78 is 6.64. The molecule has 5 nitrogen and oxygen atoms in total. The van der Waals surface area contributed by atoms with E-state index in [4.69, 9.17) is 4.42 Å². The number of nitrogens with zero attached hydrogens (tertiary/aromatic N) is 3. The van der Waals surface area contributed by atoms with E-state index < -0.39 is 5.60 Å². The molecule has 1 aromatic carbocycles. The van der Waals surface area contributed by atoms with Gasteiger partial charge in [0.25, 0.3) is 0 Å². The topological polar surface area (TPSA) is 62.4 Å². The van der Waals surface area contributed by atoms with Crippen molar-refractivity contribution < 1.29 is 9.52 Å². The van der Waals surface area contributed by atoms with Gasteiger partial charge in [-0.25, -0.2) is 0 Å². The Balaban J connectivity index is 2.11. The number of benzene rings is 1. The van der Waals surface area contributed by atoms with Gasteiger partial charge in [-0.05, 0) is 48.5 Å². The van der Waals surface area contributed by atoms with Gasteiger partial charge >= 0.3 is 0 Å². The molecule has 1 heterocycles. The van der Waals surface area contributed by atoms with Crippen LogP contribution in [0.5, 0.6) is 0 Å². The van der Waals surface area contributed by atoms with Gasteiger partial charge in [0.05, 0.1) is 17.7 Å². The van der Waals surface area contributed by atoms with Crippen molar-refractivity contribution in [3.05, 3.63) is 34.6 Å². The molecular weight excluding hydrogens is 334 g/mol. The summed E-state index contributed by atoms with van der Waals surface area (Å²) in [6.45, 7) is 7.49. The molecule has 0 saturated heterocycles. The van der Waals surface area contributed by atoms with Crippen molar-refractivity contribution in [1.29, 1.82) is 0 Å². The molecule has 0 spiro atoms. The quantitative estimate of drug-likeness (QED) is 0.864. The van der Waals surface area contributed by atoms with E-state index >= 15 is 0 Å². The zero-order valence-corrected chi connectivity index (χ0v) is 14.1.